The lowest BCUT2D eigenvalue weighted by Gasteiger charge is -2.45. The summed E-state index contributed by atoms with van der Waals surface area (Å²) in [5.74, 6) is -2.62. The normalized spacial score (nSPS) is 19.2. The molecule has 12 nitrogen and oxygen atoms in total. The zero-order chi connectivity index (χ0) is 34.2. The molecule has 260 valence electrons. The first kappa shape index (κ1) is 46.4. The molecule has 44 heavy (non-hydrogen) atoms. The molecule has 2 rings (SSSR count). The fourth-order valence-corrected chi connectivity index (χ4v) is 5.91. The number of ether oxygens (including phenoxy) is 3. The first-order chi connectivity index (χ1) is 19.4. The Labute approximate surface area is 275 Å². The van der Waals surface area contributed by atoms with Crippen molar-refractivity contribution in [2.24, 2.45) is 5.73 Å². The smallest absolute Gasteiger partial charge is 0.396 e. The van der Waals surface area contributed by atoms with E-state index in [1.165, 1.54) is 6.92 Å². The van der Waals surface area contributed by atoms with Crippen LogP contribution in [0.2, 0.25) is 0 Å². The lowest BCUT2D eigenvalue weighted by atomic mass is 9.79. The van der Waals surface area contributed by atoms with Gasteiger partial charge in [0.25, 0.3) is 0 Å². The molecule has 0 aromatic rings. The Kier molecular flexibility index (Phi) is 22.1. The van der Waals surface area contributed by atoms with Crippen LogP contribution in [0.15, 0.2) is 0 Å². The number of carbonyl (C=O) groups excluding carboxylic acids is 5. The van der Waals surface area contributed by atoms with Crippen LogP contribution in [0.25, 0.3) is 0 Å². The number of carbonyl (C=O) groups is 5. The summed E-state index contributed by atoms with van der Waals surface area (Å²) in [6.07, 6.45) is 3.86. The molecular formula is C30H58Cl2N4O8. The maximum Gasteiger partial charge on any atom is 0.396 e. The maximum absolute atomic E-state index is 11.6. The average Bonchev–Trinajstić information content (AvgIpc) is 2.76. The Morgan fingerprint density at radius 2 is 1.16 bits per heavy atom. The van der Waals surface area contributed by atoms with Crippen LogP contribution in [0.1, 0.15) is 109 Å². The second kappa shape index (κ2) is 20.9. The Morgan fingerprint density at radius 3 is 1.43 bits per heavy atom. The van der Waals surface area contributed by atoms with Gasteiger partial charge in [-0.05, 0) is 101 Å². The third kappa shape index (κ3) is 23.4. The predicted molar refractivity (Wildman–Crippen MR) is 166 cm³/mol. The lowest BCUT2D eigenvalue weighted by molar-refractivity contribution is -0.788. The summed E-state index contributed by atoms with van der Waals surface area (Å²) in [7, 11) is 0. The number of hydrogen-bond donors (Lipinski definition) is 4. The van der Waals surface area contributed by atoms with Gasteiger partial charge >= 0.3 is 29.1 Å². The van der Waals surface area contributed by atoms with Crippen molar-refractivity contribution in [3.8, 4) is 0 Å². The van der Waals surface area contributed by atoms with Crippen LogP contribution in [0.5, 0.6) is 0 Å². The maximum atomic E-state index is 11.6. The second-order valence-electron chi connectivity index (χ2n) is 13.4. The summed E-state index contributed by atoms with van der Waals surface area (Å²) in [6, 6.07) is 0.387. The number of quaternary nitrogens is 1. The fourth-order valence-electron chi connectivity index (χ4n) is 5.85. The zero-order valence-electron chi connectivity index (χ0n) is 28.8. The largest absolute Gasteiger partial charge is 1.00 e. The molecule has 14 heteroatoms. The van der Waals surface area contributed by atoms with Crippen LogP contribution in [-0.4, -0.2) is 83.1 Å². The molecule has 2 heterocycles. The van der Waals surface area contributed by atoms with Gasteiger partial charge in [0.05, 0.1) is 30.9 Å². The highest BCUT2D eigenvalue weighted by Crippen LogP contribution is 2.27. The van der Waals surface area contributed by atoms with Crippen LogP contribution < -0.4 is 34.1 Å². The van der Waals surface area contributed by atoms with E-state index in [-0.39, 0.29) is 59.8 Å². The molecule has 0 spiro atoms. The van der Waals surface area contributed by atoms with Gasteiger partial charge in [-0.25, -0.2) is 9.59 Å². The van der Waals surface area contributed by atoms with Crippen LogP contribution in [0.4, 0.5) is 0 Å². The van der Waals surface area contributed by atoms with Crippen molar-refractivity contribution in [3.63, 3.8) is 0 Å². The van der Waals surface area contributed by atoms with Gasteiger partial charge in [-0.2, -0.15) is 0 Å². The van der Waals surface area contributed by atoms with E-state index >= 15 is 0 Å². The minimum Gasteiger partial charge on any atom is -1.00 e. The second-order valence-corrected chi connectivity index (χ2v) is 13.7. The lowest BCUT2D eigenvalue weighted by Crippen LogP contribution is -3.06. The number of piperidine rings is 2. The summed E-state index contributed by atoms with van der Waals surface area (Å²) >= 11 is 4.69. The average molecular weight is 674 g/mol. The van der Waals surface area contributed by atoms with Crippen molar-refractivity contribution < 1.29 is 55.9 Å². The summed E-state index contributed by atoms with van der Waals surface area (Å²) in [6.45, 7) is 24.8. The van der Waals surface area contributed by atoms with Crippen LogP contribution >= 0.6 is 11.6 Å². The molecule has 0 aliphatic carbocycles. The van der Waals surface area contributed by atoms with Gasteiger partial charge in [0.2, 0.25) is 0 Å². The van der Waals surface area contributed by atoms with Crippen molar-refractivity contribution in [1.82, 2.24) is 10.6 Å². The molecule has 0 radical (unpaired) electrons. The number of halogens is 2. The van der Waals surface area contributed by atoms with Crippen molar-refractivity contribution >= 4 is 40.7 Å². The monoisotopic (exact) mass is 672 g/mol. The quantitative estimate of drug-likeness (QED) is 0.124. The van der Waals surface area contributed by atoms with Gasteiger partial charge in [-0.3, -0.25) is 14.4 Å². The molecule has 0 aromatic heterocycles. The van der Waals surface area contributed by atoms with Gasteiger partial charge in [-0.1, -0.05) is 0 Å². The van der Waals surface area contributed by atoms with Gasteiger partial charge in [0.15, 0.2) is 0 Å². The van der Waals surface area contributed by atoms with E-state index in [2.05, 4.69) is 80.8 Å². The number of esters is 3. The number of nitrogens with one attached hydrogen (secondary N) is 2. The highest BCUT2D eigenvalue weighted by molar-refractivity contribution is 6.80. The molecule has 2 saturated heterocycles. The van der Waals surface area contributed by atoms with Crippen LogP contribution in [-0.2, 0) is 38.2 Å². The van der Waals surface area contributed by atoms with E-state index in [9.17, 15) is 24.0 Å². The molecule has 2 fully saturated rings. The molecular weight excluding hydrogens is 615 g/mol. The molecule has 0 bridgehead atoms. The fraction of sp³-hybridized carbons (Fsp3) is 0.833. The molecule has 2 aliphatic rings. The van der Waals surface area contributed by atoms with Crippen LogP contribution in [0, 0.1) is 0 Å². The predicted octanol–water partition coefficient (Wildman–Crippen LogP) is -0.909. The van der Waals surface area contributed by atoms with E-state index in [0.29, 0.717) is 12.6 Å². The first-order valence-corrected chi connectivity index (χ1v) is 15.2. The Hall–Kier alpha value is -1.99. The number of nitrogens with two attached hydrogens (primary N) is 2. The molecule has 6 N–H and O–H groups in total. The summed E-state index contributed by atoms with van der Waals surface area (Å²) in [5.41, 5.74) is 6.49. The van der Waals surface area contributed by atoms with E-state index < -0.39 is 23.1 Å². The third-order valence-corrected chi connectivity index (χ3v) is 6.28. The SMILES string of the molecule is CC1(C)CC(N)CC(C)(C)N1.CCOC(=O)C(=O)Cl.CCOC(=O)C(=O)NC1CC(C)(C)[NH2+]C(C)(C)C1.CCOC(C)=O.[Cl-]. The van der Waals surface area contributed by atoms with Gasteiger partial charge < -0.3 is 48.3 Å². The Morgan fingerprint density at radius 1 is 0.773 bits per heavy atom. The number of hydrogen-bond acceptors (Lipinski definition) is 10. The Bertz CT molecular complexity index is 895. The number of rotatable bonds is 5. The topological polar surface area (TPSA) is 180 Å². The van der Waals surface area contributed by atoms with Gasteiger partial charge in [-0.15, -0.1) is 0 Å². The minimum absolute atomic E-state index is 0. The zero-order valence-corrected chi connectivity index (χ0v) is 30.3. The summed E-state index contributed by atoms with van der Waals surface area (Å²) < 4.78 is 13.3. The summed E-state index contributed by atoms with van der Waals surface area (Å²) in [5, 5.41) is 7.61. The molecule has 0 atom stereocenters. The van der Waals surface area contributed by atoms with E-state index in [4.69, 9.17) is 22.1 Å². The van der Waals surface area contributed by atoms with Crippen LogP contribution in [0.3, 0.4) is 0 Å². The van der Waals surface area contributed by atoms with Gasteiger partial charge in [0.1, 0.15) is 0 Å². The molecule has 0 aromatic carbocycles. The molecule has 1 amide bonds. The summed E-state index contributed by atoms with van der Waals surface area (Å²) in [4.78, 5) is 52.6. The number of amides is 1. The van der Waals surface area contributed by atoms with E-state index in [1.54, 1.807) is 20.8 Å². The third-order valence-electron chi connectivity index (χ3n) is 6.13. The standard InChI is InChI=1S/C13H24N2O3.C9H20N2.C4H5ClO3.C4H8O2.ClH/c1-6-18-11(17)10(16)14-9-7-12(2,3)15-13(4,5)8-9;1-8(2)5-7(10)6-9(3,4)11-8;1-2-8-4(7)3(5)6;1-3-6-4(2)5;/h9,15H,6-8H2,1-5H3,(H,14,16);7,11H,5-6,10H2,1-4H3;2H2,1H3;3H2,1-2H3;1H. The minimum atomic E-state index is -1.08. The molecule has 0 unspecified atom stereocenters. The van der Waals surface area contributed by atoms with Crippen molar-refractivity contribution in [2.75, 3.05) is 19.8 Å². The van der Waals surface area contributed by atoms with Gasteiger partial charge in [0, 0.05) is 42.9 Å². The van der Waals surface area contributed by atoms with Crippen molar-refractivity contribution in [2.45, 2.75) is 143 Å². The van der Waals surface area contributed by atoms with E-state index in [0.717, 1.165) is 25.7 Å². The molecule has 2 aliphatic heterocycles. The highest BCUT2D eigenvalue weighted by Gasteiger charge is 2.42. The highest BCUT2D eigenvalue weighted by atomic mass is 35.5. The Balaban J connectivity index is -0.000000554. The first-order valence-electron chi connectivity index (χ1n) is 14.8. The van der Waals surface area contributed by atoms with E-state index in [1.807, 2.05) is 0 Å². The van der Waals surface area contributed by atoms with Crippen molar-refractivity contribution in [3.05, 3.63) is 0 Å². The van der Waals surface area contributed by atoms with Crippen molar-refractivity contribution in [1.29, 1.82) is 0 Å². The molecule has 0 saturated carbocycles.